The van der Waals surface area contributed by atoms with Crippen LogP contribution in [0, 0.1) is 10.1 Å². The molecule has 2 aromatic carbocycles. The molecule has 1 saturated heterocycles. The number of nitro groups is 1. The molecule has 0 aromatic heterocycles. The minimum atomic E-state index is -0.444. The zero-order valence-electron chi connectivity index (χ0n) is 16.1. The molecule has 2 aromatic rings. The van der Waals surface area contributed by atoms with Gasteiger partial charge in [0.2, 0.25) is 0 Å². The number of nitro benzene ring substituents is 1. The van der Waals surface area contributed by atoms with Gasteiger partial charge >= 0.3 is 0 Å². The standard InChI is InChI=1S/C20H21BrN4O5/c21-17-4-5-19(30-14-15-2-1-3-18(10-15)25(27)28)16(11-17)12-22-23-20(26)13-24-6-8-29-9-7-24/h1-5,10-12H,6-9,13-14H2,(H,23,26)/b22-12-. The van der Waals surface area contributed by atoms with Crippen molar-refractivity contribution < 1.29 is 19.2 Å². The zero-order chi connectivity index (χ0) is 21.3. The zero-order valence-corrected chi connectivity index (χ0v) is 17.7. The van der Waals surface area contributed by atoms with E-state index >= 15 is 0 Å². The molecular weight excluding hydrogens is 456 g/mol. The third-order valence-electron chi connectivity index (χ3n) is 4.35. The second-order valence-electron chi connectivity index (χ2n) is 6.58. The molecule has 1 aliphatic rings. The number of rotatable bonds is 8. The number of hydrogen-bond donors (Lipinski definition) is 1. The van der Waals surface area contributed by atoms with E-state index in [1.54, 1.807) is 24.3 Å². The molecule has 10 heteroatoms. The molecule has 3 rings (SSSR count). The Morgan fingerprint density at radius 3 is 2.87 bits per heavy atom. The lowest BCUT2D eigenvalue weighted by atomic mass is 10.2. The van der Waals surface area contributed by atoms with Crippen molar-refractivity contribution in [2.24, 2.45) is 5.10 Å². The van der Waals surface area contributed by atoms with Crippen LogP contribution < -0.4 is 10.2 Å². The number of benzene rings is 2. The van der Waals surface area contributed by atoms with Crippen molar-refractivity contribution in [3.05, 3.63) is 68.2 Å². The van der Waals surface area contributed by atoms with E-state index in [0.29, 0.717) is 30.1 Å². The van der Waals surface area contributed by atoms with E-state index in [1.165, 1.54) is 18.3 Å². The van der Waals surface area contributed by atoms with Crippen molar-refractivity contribution in [3.63, 3.8) is 0 Å². The Labute approximate surface area is 181 Å². The molecule has 30 heavy (non-hydrogen) atoms. The van der Waals surface area contributed by atoms with Gasteiger partial charge in [-0.15, -0.1) is 0 Å². The summed E-state index contributed by atoms with van der Waals surface area (Å²) in [5.74, 6) is 0.332. The van der Waals surface area contributed by atoms with Gasteiger partial charge in [0.15, 0.2) is 0 Å². The number of ether oxygens (including phenoxy) is 2. The molecule has 9 nitrogen and oxygen atoms in total. The van der Waals surface area contributed by atoms with Gasteiger partial charge in [-0.25, -0.2) is 5.43 Å². The van der Waals surface area contributed by atoms with Gasteiger partial charge in [0, 0.05) is 35.3 Å². The van der Waals surface area contributed by atoms with Crippen molar-refractivity contribution in [1.82, 2.24) is 10.3 Å². The van der Waals surface area contributed by atoms with E-state index < -0.39 is 4.92 Å². The van der Waals surface area contributed by atoms with Crippen molar-refractivity contribution in [1.29, 1.82) is 0 Å². The number of amides is 1. The number of nitrogens with zero attached hydrogens (tertiary/aromatic N) is 3. The van der Waals surface area contributed by atoms with Crippen molar-refractivity contribution in [2.75, 3.05) is 32.8 Å². The van der Waals surface area contributed by atoms with Crippen LogP contribution >= 0.6 is 15.9 Å². The van der Waals surface area contributed by atoms with E-state index in [1.807, 2.05) is 11.0 Å². The second kappa shape index (κ2) is 10.8. The van der Waals surface area contributed by atoms with Crippen LogP contribution in [0.3, 0.4) is 0 Å². The highest BCUT2D eigenvalue weighted by Gasteiger charge is 2.13. The number of morpholine rings is 1. The SMILES string of the molecule is O=C(CN1CCOCC1)N/N=C\c1cc(Br)ccc1OCc1cccc([N+](=O)[O-])c1. The molecule has 1 amide bonds. The molecule has 158 valence electrons. The third kappa shape index (κ3) is 6.61. The number of carbonyl (C=O) groups excluding carboxylic acids is 1. The van der Waals surface area contributed by atoms with Crippen LogP contribution in [0.5, 0.6) is 5.75 Å². The summed E-state index contributed by atoms with van der Waals surface area (Å²) in [6.07, 6.45) is 1.50. The van der Waals surface area contributed by atoms with E-state index in [9.17, 15) is 14.9 Å². The number of hydrazone groups is 1. The number of nitrogens with one attached hydrogen (secondary N) is 1. The molecule has 0 spiro atoms. The van der Waals surface area contributed by atoms with Gasteiger partial charge in [0.05, 0.1) is 30.9 Å². The monoisotopic (exact) mass is 476 g/mol. The summed E-state index contributed by atoms with van der Waals surface area (Å²) in [7, 11) is 0. The van der Waals surface area contributed by atoms with Gasteiger partial charge in [-0.05, 0) is 23.8 Å². The van der Waals surface area contributed by atoms with Crippen LogP contribution in [0.25, 0.3) is 0 Å². The van der Waals surface area contributed by atoms with Gasteiger partial charge in [0.1, 0.15) is 12.4 Å². The maximum Gasteiger partial charge on any atom is 0.269 e. The first-order valence-electron chi connectivity index (χ1n) is 9.29. The summed E-state index contributed by atoms with van der Waals surface area (Å²) in [6, 6.07) is 11.7. The Morgan fingerprint density at radius 2 is 2.10 bits per heavy atom. The van der Waals surface area contributed by atoms with Crippen molar-refractivity contribution in [3.8, 4) is 5.75 Å². The van der Waals surface area contributed by atoms with E-state index in [0.717, 1.165) is 17.6 Å². The van der Waals surface area contributed by atoms with E-state index in [2.05, 4.69) is 26.5 Å². The first kappa shape index (κ1) is 21.9. The Kier molecular flexibility index (Phi) is 7.89. The lowest BCUT2D eigenvalue weighted by molar-refractivity contribution is -0.384. The summed E-state index contributed by atoms with van der Waals surface area (Å²) in [5.41, 5.74) is 3.86. The molecule has 0 bridgehead atoms. The lowest BCUT2D eigenvalue weighted by Gasteiger charge is -2.25. The predicted molar refractivity (Wildman–Crippen MR) is 115 cm³/mol. The van der Waals surface area contributed by atoms with Gasteiger partial charge in [-0.1, -0.05) is 28.1 Å². The highest BCUT2D eigenvalue weighted by atomic mass is 79.9. The summed E-state index contributed by atoms with van der Waals surface area (Å²) in [5, 5.41) is 14.9. The smallest absolute Gasteiger partial charge is 0.269 e. The normalized spacial score (nSPS) is 14.6. The molecule has 1 fully saturated rings. The van der Waals surface area contributed by atoms with Gasteiger partial charge in [0.25, 0.3) is 11.6 Å². The molecule has 0 saturated carbocycles. The van der Waals surface area contributed by atoms with Crippen LogP contribution in [-0.2, 0) is 16.1 Å². The fraction of sp³-hybridized carbons (Fsp3) is 0.300. The largest absolute Gasteiger partial charge is 0.488 e. The molecule has 1 heterocycles. The van der Waals surface area contributed by atoms with Crippen LogP contribution in [0.15, 0.2) is 52.0 Å². The van der Waals surface area contributed by atoms with E-state index in [-0.39, 0.29) is 24.7 Å². The first-order valence-corrected chi connectivity index (χ1v) is 10.1. The predicted octanol–water partition coefficient (Wildman–Crippen LogP) is 2.72. The number of non-ortho nitro benzene ring substituents is 1. The summed E-state index contributed by atoms with van der Waals surface area (Å²) in [4.78, 5) is 24.5. The average Bonchev–Trinajstić information content (AvgIpc) is 2.74. The summed E-state index contributed by atoms with van der Waals surface area (Å²) >= 11 is 3.41. The third-order valence-corrected chi connectivity index (χ3v) is 4.84. The van der Waals surface area contributed by atoms with Gasteiger partial charge in [-0.3, -0.25) is 19.8 Å². The molecule has 0 atom stereocenters. The molecule has 1 aliphatic heterocycles. The highest BCUT2D eigenvalue weighted by Crippen LogP contribution is 2.23. The maximum atomic E-state index is 12.0. The molecule has 1 N–H and O–H groups in total. The summed E-state index contributed by atoms with van der Waals surface area (Å²) in [6.45, 7) is 3.11. The second-order valence-corrected chi connectivity index (χ2v) is 7.50. The lowest BCUT2D eigenvalue weighted by Crippen LogP contribution is -2.42. The first-order chi connectivity index (χ1) is 14.5. The minimum Gasteiger partial charge on any atom is -0.488 e. The Bertz CT molecular complexity index is 931. The molecule has 0 radical (unpaired) electrons. The van der Waals surface area contributed by atoms with E-state index in [4.69, 9.17) is 9.47 Å². The average molecular weight is 477 g/mol. The molecular formula is C20H21BrN4O5. The van der Waals surface area contributed by atoms with Crippen LogP contribution in [-0.4, -0.2) is 54.8 Å². The van der Waals surface area contributed by atoms with Crippen LogP contribution in [0.4, 0.5) is 5.69 Å². The number of hydrogen-bond acceptors (Lipinski definition) is 7. The Hall–Kier alpha value is -2.82. The molecule has 0 aliphatic carbocycles. The van der Waals surface area contributed by atoms with Gasteiger partial charge < -0.3 is 9.47 Å². The fourth-order valence-electron chi connectivity index (χ4n) is 2.84. The van der Waals surface area contributed by atoms with Crippen LogP contribution in [0.1, 0.15) is 11.1 Å². The fourth-order valence-corrected chi connectivity index (χ4v) is 3.22. The number of halogens is 1. The quantitative estimate of drug-likeness (QED) is 0.356. The Balaban J connectivity index is 1.60. The topological polar surface area (TPSA) is 106 Å². The van der Waals surface area contributed by atoms with Crippen molar-refractivity contribution in [2.45, 2.75) is 6.61 Å². The van der Waals surface area contributed by atoms with Crippen molar-refractivity contribution >= 4 is 33.7 Å². The minimum absolute atomic E-state index is 0.0108. The highest BCUT2D eigenvalue weighted by molar-refractivity contribution is 9.10. The van der Waals surface area contributed by atoms with Gasteiger partial charge in [-0.2, -0.15) is 5.10 Å². The summed E-state index contributed by atoms with van der Waals surface area (Å²) < 4.78 is 11.9. The Morgan fingerprint density at radius 1 is 1.30 bits per heavy atom. The maximum absolute atomic E-state index is 12.0. The molecule has 0 unspecified atom stereocenters. The number of carbonyl (C=O) groups is 1. The van der Waals surface area contributed by atoms with Crippen LogP contribution in [0.2, 0.25) is 0 Å².